The van der Waals surface area contributed by atoms with Crippen molar-refractivity contribution < 1.29 is 19.1 Å². The first-order valence-electron chi connectivity index (χ1n) is 6.35. The molecular formula is C15H13NO4S. The lowest BCUT2D eigenvalue weighted by molar-refractivity contribution is 0.0607. The van der Waals surface area contributed by atoms with Crippen molar-refractivity contribution >= 4 is 28.9 Å². The Labute approximate surface area is 125 Å². The maximum Gasteiger partial charge on any atom is 0.350 e. The van der Waals surface area contributed by atoms with Gasteiger partial charge in [-0.15, -0.1) is 11.3 Å². The zero-order chi connectivity index (χ0) is 14.8. The van der Waals surface area contributed by atoms with E-state index >= 15 is 0 Å². The molecule has 0 bridgehead atoms. The molecule has 0 saturated heterocycles. The van der Waals surface area contributed by atoms with E-state index in [2.05, 4.69) is 10.1 Å². The van der Waals surface area contributed by atoms with E-state index in [-0.39, 0.29) is 5.91 Å². The molecule has 0 unspecified atom stereocenters. The van der Waals surface area contributed by atoms with Crippen molar-refractivity contribution in [3.63, 3.8) is 0 Å². The Kier molecular flexibility index (Phi) is 3.72. The van der Waals surface area contributed by atoms with Crippen molar-refractivity contribution in [2.24, 2.45) is 0 Å². The molecule has 2 heterocycles. The van der Waals surface area contributed by atoms with Crippen LogP contribution in [0.5, 0.6) is 0 Å². The van der Waals surface area contributed by atoms with Gasteiger partial charge in [-0.1, -0.05) is 6.07 Å². The fourth-order valence-corrected chi connectivity index (χ4v) is 2.93. The summed E-state index contributed by atoms with van der Waals surface area (Å²) in [7, 11) is 1.31. The number of rotatable bonds is 3. The molecule has 0 saturated carbocycles. The summed E-state index contributed by atoms with van der Waals surface area (Å²) in [6, 6.07) is 7.16. The second kappa shape index (κ2) is 5.67. The van der Waals surface area contributed by atoms with Crippen molar-refractivity contribution in [1.29, 1.82) is 0 Å². The van der Waals surface area contributed by atoms with Crippen molar-refractivity contribution in [2.45, 2.75) is 13.2 Å². The zero-order valence-electron chi connectivity index (χ0n) is 11.3. The largest absolute Gasteiger partial charge is 0.465 e. The third-order valence-corrected chi connectivity index (χ3v) is 4.16. The number of carbonyl (C=O) groups is 2. The lowest BCUT2D eigenvalue weighted by atomic mass is 10.1. The number of amides is 1. The smallest absolute Gasteiger partial charge is 0.350 e. The van der Waals surface area contributed by atoms with Gasteiger partial charge >= 0.3 is 5.97 Å². The molecule has 0 spiro atoms. The van der Waals surface area contributed by atoms with Crippen LogP contribution < -0.4 is 5.32 Å². The van der Waals surface area contributed by atoms with Crippen LogP contribution in [-0.4, -0.2) is 19.0 Å². The number of hydrogen-bond acceptors (Lipinski definition) is 5. The van der Waals surface area contributed by atoms with Crippen LogP contribution in [0, 0.1) is 0 Å². The van der Waals surface area contributed by atoms with Gasteiger partial charge in [-0.05, 0) is 34.7 Å². The Bertz CT molecular complexity index is 707. The van der Waals surface area contributed by atoms with Crippen LogP contribution >= 0.6 is 11.3 Å². The number of anilines is 1. The molecule has 1 N–H and O–H groups in total. The SMILES string of the molecule is COC(=O)c1sccc1NC(=O)c1ccc2c(c1)COC2. The number of nitrogens with one attached hydrogen (secondary N) is 1. The number of ether oxygens (including phenoxy) is 2. The summed E-state index contributed by atoms with van der Waals surface area (Å²) in [6.07, 6.45) is 0. The summed E-state index contributed by atoms with van der Waals surface area (Å²) < 4.78 is 10.0. The second-order valence-corrected chi connectivity index (χ2v) is 5.50. The van der Waals surface area contributed by atoms with Crippen LogP contribution in [0.25, 0.3) is 0 Å². The molecule has 6 heteroatoms. The quantitative estimate of drug-likeness (QED) is 0.886. The van der Waals surface area contributed by atoms with Gasteiger partial charge < -0.3 is 14.8 Å². The zero-order valence-corrected chi connectivity index (χ0v) is 12.2. The molecule has 108 valence electrons. The maximum atomic E-state index is 12.3. The summed E-state index contributed by atoms with van der Waals surface area (Å²) in [5.41, 5.74) is 3.15. The van der Waals surface area contributed by atoms with Crippen LogP contribution in [0.4, 0.5) is 5.69 Å². The van der Waals surface area contributed by atoms with E-state index in [9.17, 15) is 9.59 Å². The molecule has 1 amide bonds. The van der Waals surface area contributed by atoms with E-state index in [1.807, 2.05) is 12.1 Å². The van der Waals surface area contributed by atoms with Gasteiger partial charge in [0.25, 0.3) is 5.91 Å². The number of carbonyl (C=O) groups excluding carboxylic acids is 2. The predicted molar refractivity (Wildman–Crippen MR) is 78.5 cm³/mol. The summed E-state index contributed by atoms with van der Waals surface area (Å²) in [5.74, 6) is -0.712. The first-order valence-corrected chi connectivity index (χ1v) is 7.23. The van der Waals surface area contributed by atoms with Gasteiger partial charge in [-0.2, -0.15) is 0 Å². The Morgan fingerprint density at radius 3 is 2.86 bits per heavy atom. The average molecular weight is 303 g/mol. The number of fused-ring (bicyclic) bond motifs is 1. The van der Waals surface area contributed by atoms with E-state index in [4.69, 9.17) is 4.74 Å². The van der Waals surface area contributed by atoms with E-state index in [1.165, 1.54) is 18.4 Å². The van der Waals surface area contributed by atoms with E-state index in [0.717, 1.165) is 11.1 Å². The summed E-state index contributed by atoms with van der Waals surface area (Å²) in [4.78, 5) is 24.2. The molecule has 5 nitrogen and oxygen atoms in total. The van der Waals surface area contributed by atoms with Gasteiger partial charge in [0, 0.05) is 5.56 Å². The Balaban J connectivity index is 1.81. The fourth-order valence-electron chi connectivity index (χ4n) is 2.17. The first-order chi connectivity index (χ1) is 10.2. The van der Waals surface area contributed by atoms with E-state index in [0.29, 0.717) is 29.3 Å². The highest BCUT2D eigenvalue weighted by Crippen LogP contribution is 2.25. The molecule has 0 atom stereocenters. The fraction of sp³-hybridized carbons (Fsp3) is 0.200. The third-order valence-electron chi connectivity index (χ3n) is 3.27. The molecule has 0 aliphatic carbocycles. The average Bonchev–Trinajstić information content (AvgIpc) is 3.14. The second-order valence-electron chi connectivity index (χ2n) is 4.59. The summed E-state index contributed by atoms with van der Waals surface area (Å²) in [5, 5.41) is 4.48. The van der Waals surface area contributed by atoms with Crippen molar-refractivity contribution in [1.82, 2.24) is 0 Å². The van der Waals surface area contributed by atoms with Gasteiger partial charge in [0.1, 0.15) is 4.88 Å². The molecule has 1 aromatic heterocycles. The van der Waals surface area contributed by atoms with Crippen LogP contribution in [0.1, 0.15) is 31.2 Å². The van der Waals surface area contributed by atoms with Gasteiger partial charge in [0.05, 0.1) is 26.0 Å². The molecule has 1 aliphatic heterocycles. The maximum absolute atomic E-state index is 12.3. The molecule has 1 aliphatic rings. The first kappa shape index (κ1) is 13.8. The number of esters is 1. The van der Waals surface area contributed by atoms with Gasteiger partial charge in [0.15, 0.2) is 0 Å². The van der Waals surface area contributed by atoms with Crippen molar-refractivity contribution in [3.8, 4) is 0 Å². The normalized spacial score (nSPS) is 12.8. The van der Waals surface area contributed by atoms with E-state index in [1.54, 1.807) is 17.5 Å². The number of hydrogen-bond donors (Lipinski definition) is 1. The van der Waals surface area contributed by atoms with Crippen molar-refractivity contribution in [2.75, 3.05) is 12.4 Å². The molecule has 3 rings (SSSR count). The molecule has 1 aromatic carbocycles. The molecule has 21 heavy (non-hydrogen) atoms. The molecule has 2 aromatic rings. The van der Waals surface area contributed by atoms with Gasteiger partial charge in [0.2, 0.25) is 0 Å². The van der Waals surface area contributed by atoms with Crippen LogP contribution in [0.15, 0.2) is 29.6 Å². The minimum absolute atomic E-state index is 0.256. The highest BCUT2D eigenvalue weighted by atomic mass is 32.1. The molecule has 0 fully saturated rings. The topological polar surface area (TPSA) is 64.6 Å². The lowest BCUT2D eigenvalue weighted by Gasteiger charge is -2.07. The van der Waals surface area contributed by atoms with Gasteiger partial charge in [-0.3, -0.25) is 4.79 Å². The Morgan fingerprint density at radius 1 is 1.24 bits per heavy atom. The lowest BCUT2D eigenvalue weighted by Crippen LogP contribution is -2.14. The van der Waals surface area contributed by atoms with Crippen LogP contribution in [-0.2, 0) is 22.7 Å². The Morgan fingerprint density at radius 2 is 2.05 bits per heavy atom. The monoisotopic (exact) mass is 303 g/mol. The minimum Gasteiger partial charge on any atom is -0.465 e. The Hall–Kier alpha value is -2.18. The number of benzene rings is 1. The van der Waals surface area contributed by atoms with Crippen LogP contribution in [0.2, 0.25) is 0 Å². The summed E-state index contributed by atoms with van der Waals surface area (Å²) in [6.45, 7) is 1.12. The van der Waals surface area contributed by atoms with E-state index < -0.39 is 5.97 Å². The minimum atomic E-state index is -0.456. The highest BCUT2D eigenvalue weighted by Gasteiger charge is 2.18. The van der Waals surface area contributed by atoms with Gasteiger partial charge in [-0.25, -0.2) is 4.79 Å². The highest BCUT2D eigenvalue weighted by molar-refractivity contribution is 7.12. The van der Waals surface area contributed by atoms with Crippen molar-refractivity contribution in [3.05, 3.63) is 51.2 Å². The summed E-state index contributed by atoms with van der Waals surface area (Å²) >= 11 is 1.23. The standard InChI is InChI=1S/C15H13NO4S/c1-19-15(18)13-12(4-5-21-13)16-14(17)9-2-3-10-7-20-8-11(10)6-9/h2-6H,7-8H2,1H3,(H,16,17). The van der Waals surface area contributed by atoms with Crippen LogP contribution in [0.3, 0.4) is 0 Å². The predicted octanol–water partition coefficient (Wildman–Crippen LogP) is 2.82. The number of methoxy groups -OCH3 is 1. The molecule has 0 radical (unpaired) electrons. The number of thiophene rings is 1. The third kappa shape index (κ3) is 2.68. The molecular weight excluding hydrogens is 290 g/mol.